The highest BCUT2D eigenvalue weighted by atomic mass is 16.7. The zero-order valence-electron chi connectivity index (χ0n) is 55.0. The van der Waals surface area contributed by atoms with E-state index in [0.29, 0.717) is 6.42 Å². The highest BCUT2D eigenvalue weighted by Crippen LogP contribution is 2.30. The summed E-state index contributed by atoms with van der Waals surface area (Å²) >= 11 is 0. The molecule has 2 rings (SSSR count). The topological polar surface area (TPSA) is 228 Å². The van der Waals surface area contributed by atoms with Gasteiger partial charge in [-0.15, -0.1) is 0 Å². The summed E-state index contributed by atoms with van der Waals surface area (Å²) in [5, 5.41) is 87.5. The second-order valence-corrected chi connectivity index (χ2v) is 25.0. The molecule has 0 aliphatic carbocycles. The van der Waals surface area contributed by atoms with Crippen molar-refractivity contribution in [1.82, 2.24) is 5.32 Å². The van der Waals surface area contributed by atoms with E-state index < -0.39 is 86.8 Å². The zero-order chi connectivity index (χ0) is 63.1. The second-order valence-electron chi connectivity index (χ2n) is 25.0. The van der Waals surface area contributed by atoms with Crippen LogP contribution in [0.4, 0.5) is 0 Å². The second kappa shape index (κ2) is 57.3. The molecule has 14 nitrogen and oxygen atoms in total. The number of aliphatic hydroxyl groups excluding tert-OH is 8. The normalized spacial score (nSPS) is 23.7. The molecule has 2 saturated heterocycles. The molecule has 12 atom stereocenters. The highest BCUT2D eigenvalue weighted by Gasteiger charge is 2.51. The summed E-state index contributed by atoms with van der Waals surface area (Å²) in [7, 11) is 0. The summed E-state index contributed by atoms with van der Waals surface area (Å²) in [4.78, 5) is 13.3. The van der Waals surface area contributed by atoms with Gasteiger partial charge in [0.25, 0.3) is 0 Å². The maximum atomic E-state index is 13.3. The summed E-state index contributed by atoms with van der Waals surface area (Å²) in [5.74, 6) is -0.245. The van der Waals surface area contributed by atoms with E-state index in [0.717, 1.165) is 77.0 Å². The molecule has 0 radical (unpaired) electrons. The van der Waals surface area contributed by atoms with Crippen molar-refractivity contribution in [2.24, 2.45) is 0 Å². The first-order valence-electron chi connectivity index (χ1n) is 35.7. The van der Waals surface area contributed by atoms with Crippen LogP contribution in [0.5, 0.6) is 0 Å². The largest absolute Gasteiger partial charge is 0.394 e. The molecule has 87 heavy (non-hydrogen) atoms. The first kappa shape index (κ1) is 80.5. The summed E-state index contributed by atoms with van der Waals surface area (Å²) in [5.41, 5.74) is 0. The fourth-order valence-corrected chi connectivity index (χ4v) is 11.5. The van der Waals surface area contributed by atoms with Crippen LogP contribution >= 0.6 is 0 Å². The van der Waals surface area contributed by atoms with Crippen LogP contribution in [-0.4, -0.2) is 140 Å². The number of hydrogen-bond donors (Lipinski definition) is 9. The van der Waals surface area contributed by atoms with Crippen molar-refractivity contribution < 1.29 is 64.6 Å². The quantitative estimate of drug-likeness (QED) is 0.0204. The molecule has 0 saturated carbocycles. The van der Waals surface area contributed by atoms with Crippen LogP contribution in [0.3, 0.4) is 0 Å². The number of ether oxygens (including phenoxy) is 4. The van der Waals surface area contributed by atoms with Gasteiger partial charge in [-0.3, -0.25) is 4.79 Å². The Labute approximate surface area is 529 Å². The Morgan fingerprint density at radius 1 is 0.425 bits per heavy atom. The molecule has 0 aromatic heterocycles. The Bertz CT molecular complexity index is 1740. The molecule has 506 valence electrons. The van der Waals surface area contributed by atoms with Crippen LogP contribution in [0.15, 0.2) is 72.9 Å². The minimum atomic E-state index is -1.79. The van der Waals surface area contributed by atoms with E-state index in [9.17, 15) is 45.6 Å². The number of unbranched alkanes of at least 4 members (excludes halogenated alkanes) is 35. The summed E-state index contributed by atoms with van der Waals surface area (Å²) in [6, 6.07) is -0.924. The first-order valence-corrected chi connectivity index (χ1v) is 35.7. The van der Waals surface area contributed by atoms with Crippen molar-refractivity contribution in [3.05, 3.63) is 72.9 Å². The molecule has 2 fully saturated rings. The maximum Gasteiger partial charge on any atom is 0.220 e. The van der Waals surface area contributed by atoms with Crippen molar-refractivity contribution in [3.8, 4) is 0 Å². The number of amides is 1. The minimum Gasteiger partial charge on any atom is -0.394 e. The number of aliphatic hydroxyl groups is 8. The minimum absolute atomic E-state index is 0.245. The van der Waals surface area contributed by atoms with Gasteiger partial charge < -0.3 is 65.1 Å². The van der Waals surface area contributed by atoms with Crippen LogP contribution in [0.2, 0.25) is 0 Å². The SMILES string of the molecule is CC/C=C\C/C=C\C/C=C\C/C=C\C/C=C\CCCCCCCCCCCC(=O)NC(COC1OC(CO)C(OC2OC(CO)C(O)C(O)C2O)C(O)C1O)C(O)/C=C/CCCCCCCCCCCCCCCCCCCCCCCCCCCC. The third-order valence-electron chi connectivity index (χ3n) is 17.1. The Kier molecular flexibility index (Phi) is 53.1. The fourth-order valence-electron chi connectivity index (χ4n) is 11.5. The van der Waals surface area contributed by atoms with Crippen molar-refractivity contribution in [1.29, 1.82) is 0 Å². The third kappa shape index (κ3) is 41.5. The molecule has 14 heteroatoms. The molecule has 0 aromatic rings. The van der Waals surface area contributed by atoms with Gasteiger partial charge in [0.05, 0.1) is 32.0 Å². The number of rotatable bonds is 58. The summed E-state index contributed by atoms with van der Waals surface area (Å²) < 4.78 is 22.9. The van der Waals surface area contributed by atoms with Gasteiger partial charge in [0.2, 0.25) is 5.91 Å². The van der Waals surface area contributed by atoms with Gasteiger partial charge in [-0.05, 0) is 64.2 Å². The molecule has 2 aliphatic rings. The Balaban J connectivity index is 1.69. The fraction of sp³-hybridized carbons (Fsp3) is 0.822. The van der Waals surface area contributed by atoms with Gasteiger partial charge >= 0.3 is 0 Å². The van der Waals surface area contributed by atoms with E-state index in [1.807, 2.05) is 6.08 Å². The molecule has 0 spiro atoms. The van der Waals surface area contributed by atoms with Crippen LogP contribution in [0.25, 0.3) is 0 Å². The average molecular weight is 1230 g/mol. The Morgan fingerprint density at radius 2 is 0.793 bits per heavy atom. The Hall–Kier alpha value is -2.57. The molecule has 0 aromatic carbocycles. The third-order valence-corrected chi connectivity index (χ3v) is 17.1. The number of allylic oxidation sites excluding steroid dienone is 11. The molecular weight excluding hydrogens is 1100 g/mol. The average Bonchev–Trinajstić information content (AvgIpc) is 2.50. The van der Waals surface area contributed by atoms with Gasteiger partial charge in [-0.2, -0.15) is 0 Å². The van der Waals surface area contributed by atoms with E-state index in [1.54, 1.807) is 6.08 Å². The molecule has 2 aliphatic heterocycles. The van der Waals surface area contributed by atoms with E-state index in [1.165, 1.54) is 186 Å². The van der Waals surface area contributed by atoms with E-state index >= 15 is 0 Å². The van der Waals surface area contributed by atoms with Gasteiger partial charge in [-0.1, -0.05) is 292 Å². The van der Waals surface area contributed by atoms with Crippen LogP contribution in [0.1, 0.15) is 290 Å². The molecule has 1 amide bonds. The highest BCUT2D eigenvalue weighted by molar-refractivity contribution is 5.76. The Morgan fingerprint density at radius 3 is 1.22 bits per heavy atom. The summed E-state index contributed by atoms with van der Waals surface area (Å²) in [6.45, 7) is 2.71. The maximum absolute atomic E-state index is 13.3. The standard InChI is InChI=1S/C73H131NO13/c1-3-5-7-9-11-13-15-17-19-21-23-25-27-29-30-31-33-34-36-38-40-42-44-46-48-50-52-54-56-62(77)61(60-84-72-70(83)68(81)71(64(59-76)86-72)87-73-69(82)67(80)66(79)63(58-75)85-73)74-65(78)57-55-53-51-49-47-45-43-41-39-37-35-32-28-26-24-22-20-18-16-14-12-10-8-6-4-2/h6,8,12,14,18,20,24,26,32,35,54,56,61-64,66-73,75-77,79-83H,3-5,7,9-11,13,15-17,19,21-23,25,27-31,33-34,36-53,55,57-60H2,1-2H3,(H,74,78)/b8-6-,14-12-,20-18-,26-24-,35-32-,56-54+. The van der Waals surface area contributed by atoms with Crippen LogP contribution < -0.4 is 5.32 Å². The number of carbonyl (C=O) groups is 1. The van der Waals surface area contributed by atoms with Gasteiger partial charge in [0.1, 0.15) is 48.8 Å². The molecule has 9 N–H and O–H groups in total. The first-order chi connectivity index (χ1) is 42.6. The smallest absolute Gasteiger partial charge is 0.220 e. The van der Waals surface area contributed by atoms with E-state index in [-0.39, 0.29) is 18.9 Å². The molecule has 12 unspecified atom stereocenters. The van der Waals surface area contributed by atoms with E-state index in [2.05, 4.69) is 79.9 Å². The lowest BCUT2D eigenvalue weighted by Gasteiger charge is -2.46. The number of carbonyl (C=O) groups excluding carboxylic acids is 1. The number of nitrogens with one attached hydrogen (secondary N) is 1. The van der Waals surface area contributed by atoms with Crippen molar-refractivity contribution in [2.45, 2.75) is 364 Å². The lowest BCUT2D eigenvalue weighted by Crippen LogP contribution is -2.65. The van der Waals surface area contributed by atoms with Crippen LogP contribution in [-0.2, 0) is 23.7 Å². The van der Waals surface area contributed by atoms with E-state index in [4.69, 9.17) is 18.9 Å². The lowest BCUT2D eigenvalue weighted by molar-refractivity contribution is -0.359. The molecular formula is C73H131NO13. The molecule has 0 bridgehead atoms. The van der Waals surface area contributed by atoms with Crippen LogP contribution in [0, 0.1) is 0 Å². The van der Waals surface area contributed by atoms with Gasteiger partial charge in [-0.25, -0.2) is 0 Å². The van der Waals surface area contributed by atoms with Gasteiger partial charge in [0, 0.05) is 6.42 Å². The predicted molar refractivity (Wildman–Crippen MR) is 355 cm³/mol. The van der Waals surface area contributed by atoms with Crippen molar-refractivity contribution in [3.63, 3.8) is 0 Å². The van der Waals surface area contributed by atoms with Crippen molar-refractivity contribution >= 4 is 5.91 Å². The van der Waals surface area contributed by atoms with Gasteiger partial charge in [0.15, 0.2) is 12.6 Å². The lowest BCUT2D eigenvalue weighted by atomic mass is 9.97. The number of hydrogen-bond acceptors (Lipinski definition) is 13. The summed E-state index contributed by atoms with van der Waals surface area (Å²) in [6.07, 6.45) is 60.9. The monoisotopic (exact) mass is 1230 g/mol. The molecule has 2 heterocycles. The zero-order valence-corrected chi connectivity index (χ0v) is 55.0. The predicted octanol–water partition coefficient (Wildman–Crippen LogP) is 14.6. The van der Waals surface area contributed by atoms with Crippen molar-refractivity contribution in [2.75, 3.05) is 19.8 Å².